The molecular formula is C20H28BrN5O4. The Morgan fingerprint density at radius 2 is 2.13 bits per heavy atom. The van der Waals surface area contributed by atoms with E-state index < -0.39 is 17.8 Å². The fraction of sp³-hybridized carbons (Fsp3) is 0.550. The van der Waals surface area contributed by atoms with Crippen LogP contribution in [0.2, 0.25) is 0 Å². The molecule has 1 aliphatic rings. The largest absolute Gasteiger partial charge is 0.450 e. The molecule has 0 spiro atoms. The Kier molecular flexibility index (Phi) is 6.74. The number of rotatable bonds is 4. The van der Waals surface area contributed by atoms with Gasteiger partial charge in [0.25, 0.3) is 0 Å². The minimum atomic E-state index is -0.544. The lowest BCUT2D eigenvalue weighted by Crippen LogP contribution is -2.49. The van der Waals surface area contributed by atoms with Gasteiger partial charge in [0.2, 0.25) is 0 Å². The molecule has 1 aliphatic heterocycles. The summed E-state index contributed by atoms with van der Waals surface area (Å²) in [5.41, 5.74) is 1.61. The number of fused-ring (bicyclic) bond motifs is 1. The van der Waals surface area contributed by atoms with Crippen molar-refractivity contribution in [2.45, 2.75) is 52.2 Å². The molecule has 2 amide bonds. The van der Waals surface area contributed by atoms with Crippen LogP contribution < -0.4 is 15.5 Å². The number of hydrogen-bond donors (Lipinski definition) is 3. The summed E-state index contributed by atoms with van der Waals surface area (Å²) in [5.74, 6) is 0. The molecule has 1 fully saturated rings. The van der Waals surface area contributed by atoms with E-state index in [-0.39, 0.29) is 12.6 Å². The van der Waals surface area contributed by atoms with Gasteiger partial charge in [-0.3, -0.25) is 5.32 Å². The van der Waals surface area contributed by atoms with Crippen molar-refractivity contribution >= 4 is 50.5 Å². The monoisotopic (exact) mass is 481 g/mol. The van der Waals surface area contributed by atoms with E-state index in [0.29, 0.717) is 17.9 Å². The van der Waals surface area contributed by atoms with Gasteiger partial charge >= 0.3 is 12.2 Å². The Hall–Kier alpha value is -2.49. The first-order valence-electron chi connectivity index (χ1n) is 10.0. The lowest BCUT2D eigenvalue weighted by Gasteiger charge is -2.36. The fourth-order valence-electron chi connectivity index (χ4n) is 3.51. The third-order valence-corrected chi connectivity index (χ3v) is 5.18. The molecule has 1 saturated heterocycles. The van der Waals surface area contributed by atoms with Gasteiger partial charge in [-0.25, -0.2) is 14.6 Å². The maximum Gasteiger partial charge on any atom is 0.411 e. The highest BCUT2D eigenvalue weighted by molar-refractivity contribution is 9.10. The Morgan fingerprint density at radius 1 is 1.37 bits per heavy atom. The van der Waals surface area contributed by atoms with Gasteiger partial charge in [0, 0.05) is 31.5 Å². The van der Waals surface area contributed by atoms with E-state index in [9.17, 15) is 9.59 Å². The van der Waals surface area contributed by atoms with Crippen molar-refractivity contribution < 1.29 is 19.1 Å². The van der Waals surface area contributed by atoms with Crippen molar-refractivity contribution in [3.63, 3.8) is 0 Å². The molecule has 9 nitrogen and oxygen atoms in total. The molecule has 30 heavy (non-hydrogen) atoms. The summed E-state index contributed by atoms with van der Waals surface area (Å²) in [6, 6.07) is -0.0517. The number of hydrogen-bond acceptors (Lipinski definition) is 6. The number of aromatic nitrogens is 2. The summed E-state index contributed by atoms with van der Waals surface area (Å²) in [6.07, 6.45) is 4.26. The zero-order valence-corrected chi connectivity index (χ0v) is 19.3. The van der Waals surface area contributed by atoms with Crippen molar-refractivity contribution in [2.75, 3.05) is 29.9 Å². The minimum Gasteiger partial charge on any atom is -0.450 e. The predicted octanol–water partition coefficient (Wildman–Crippen LogP) is 4.39. The summed E-state index contributed by atoms with van der Waals surface area (Å²) in [4.78, 5) is 33.9. The molecule has 1 atom stereocenters. The second-order valence-electron chi connectivity index (χ2n) is 8.16. The third kappa shape index (κ3) is 5.35. The summed E-state index contributed by atoms with van der Waals surface area (Å²) in [7, 11) is 0. The number of H-pyrrole nitrogens is 1. The number of aromatic amines is 1. The second-order valence-corrected chi connectivity index (χ2v) is 9.01. The van der Waals surface area contributed by atoms with Gasteiger partial charge in [0.1, 0.15) is 11.2 Å². The number of halogens is 1. The zero-order valence-electron chi connectivity index (χ0n) is 17.7. The SMILES string of the molecule is CCOC(=O)Nc1c[nH]c2ncc(Br)c(N3CCC[C@@H](NC(=O)OC(C)(C)C)C3)c12. The second kappa shape index (κ2) is 9.11. The van der Waals surface area contributed by atoms with Crippen LogP contribution in [0.15, 0.2) is 16.9 Å². The number of nitrogens with one attached hydrogen (secondary N) is 3. The molecule has 3 N–H and O–H groups in total. The van der Waals surface area contributed by atoms with Gasteiger partial charge in [-0.15, -0.1) is 0 Å². The van der Waals surface area contributed by atoms with Gasteiger partial charge in [0.15, 0.2) is 0 Å². The van der Waals surface area contributed by atoms with E-state index in [1.807, 2.05) is 20.8 Å². The number of ether oxygens (including phenoxy) is 2. The van der Waals surface area contributed by atoms with Gasteiger partial charge in [-0.2, -0.15) is 0 Å². The molecule has 3 heterocycles. The summed E-state index contributed by atoms with van der Waals surface area (Å²) >= 11 is 3.61. The molecule has 3 rings (SSSR count). The van der Waals surface area contributed by atoms with Crippen LogP contribution in [0, 0.1) is 0 Å². The normalized spacial score (nSPS) is 17.0. The molecular weight excluding hydrogens is 454 g/mol. The molecule has 0 bridgehead atoms. The van der Waals surface area contributed by atoms with Crippen LogP contribution in [0.3, 0.4) is 0 Å². The first kappa shape index (κ1) is 22.2. The number of alkyl carbamates (subject to hydrolysis) is 1. The lowest BCUT2D eigenvalue weighted by atomic mass is 10.0. The van der Waals surface area contributed by atoms with E-state index in [1.165, 1.54) is 0 Å². The summed E-state index contributed by atoms with van der Waals surface area (Å²) in [6.45, 7) is 8.99. The van der Waals surface area contributed by atoms with Gasteiger partial charge in [0.05, 0.1) is 27.8 Å². The highest BCUT2D eigenvalue weighted by Gasteiger charge is 2.27. The van der Waals surface area contributed by atoms with Crippen molar-refractivity contribution in [3.05, 3.63) is 16.9 Å². The maximum atomic E-state index is 12.2. The van der Waals surface area contributed by atoms with E-state index >= 15 is 0 Å². The van der Waals surface area contributed by atoms with E-state index in [1.54, 1.807) is 19.3 Å². The molecule has 164 valence electrons. The minimum absolute atomic E-state index is 0.0517. The molecule has 0 aromatic carbocycles. The van der Waals surface area contributed by atoms with E-state index in [4.69, 9.17) is 9.47 Å². The topological polar surface area (TPSA) is 109 Å². The van der Waals surface area contributed by atoms with Crippen molar-refractivity contribution in [1.29, 1.82) is 0 Å². The standard InChI is InChI=1S/C20H28BrN5O4/c1-5-29-18(27)25-14-10-23-17-15(14)16(13(21)9-22-17)26-8-6-7-12(11-26)24-19(28)30-20(2,3)4/h9-10,12H,5-8,11H2,1-4H3,(H,22,23)(H,24,28)(H,25,27)/t12-/m1/s1. The van der Waals surface area contributed by atoms with E-state index in [2.05, 4.69) is 41.4 Å². The molecule has 10 heteroatoms. The van der Waals surface area contributed by atoms with Crippen molar-refractivity contribution in [3.8, 4) is 0 Å². The van der Waals surface area contributed by atoms with Crippen LogP contribution in [0.25, 0.3) is 11.0 Å². The average Bonchev–Trinajstić information content (AvgIpc) is 3.03. The zero-order chi connectivity index (χ0) is 21.9. The highest BCUT2D eigenvalue weighted by atomic mass is 79.9. The first-order chi connectivity index (χ1) is 14.2. The number of anilines is 2. The lowest BCUT2D eigenvalue weighted by molar-refractivity contribution is 0.0500. The van der Waals surface area contributed by atoms with Crippen LogP contribution in [0.1, 0.15) is 40.5 Å². The maximum absolute atomic E-state index is 12.2. The smallest absolute Gasteiger partial charge is 0.411 e. The summed E-state index contributed by atoms with van der Waals surface area (Å²) in [5, 5.41) is 6.53. The molecule has 2 aromatic rings. The van der Waals surface area contributed by atoms with Crippen LogP contribution in [-0.2, 0) is 9.47 Å². The average molecular weight is 482 g/mol. The van der Waals surface area contributed by atoms with Gasteiger partial charge in [-0.1, -0.05) is 0 Å². The van der Waals surface area contributed by atoms with Crippen LogP contribution in [0.4, 0.5) is 21.0 Å². The molecule has 0 unspecified atom stereocenters. The molecule has 0 saturated carbocycles. The number of amides is 2. The molecule has 0 aliphatic carbocycles. The van der Waals surface area contributed by atoms with E-state index in [0.717, 1.165) is 34.9 Å². The number of pyridine rings is 1. The van der Waals surface area contributed by atoms with Gasteiger partial charge < -0.3 is 24.7 Å². The number of carbonyl (C=O) groups is 2. The van der Waals surface area contributed by atoms with Crippen LogP contribution in [0.5, 0.6) is 0 Å². The fourth-order valence-corrected chi connectivity index (χ4v) is 4.06. The first-order valence-corrected chi connectivity index (χ1v) is 10.8. The van der Waals surface area contributed by atoms with Crippen LogP contribution in [-0.4, -0.2) is 53.5 Å². The summed E-state index contributed by atoms with van der Waals surface area (Å²) < 4.78 is 11.2. The van der Waals surface area contributed by atoms with Gasteiger partial charge in [-0.05, 0) is 56.5 Å². The Bertz CT molecular complexity index is 924. The number of nitrogens with zero attached hydrogens (tertiary/aromatic N) is 2. The molecule has 2 aromatic heterocycles. The Labute approximate surface area is 184 Å². The number of carbonyl (C=O) groups excluding carboxylic acids is 2. The van der Waals surface area contributed by atoms with Crippen molar-refractivity contribution in [1.82, 2.24) is 15.3 Å². The van der Waals surface area contributed by atoms with Crippen molar-refractivity contribution in [2.24, 2.45) is 0 Å². The quantitative estimate of drug-likeness (QED) is 0.597. The predicted molar refractivity (Wildman–Crippen MR) is 119 cm³/mol. The Morgan fingerprint density at radius 3 is 2.83 bits per heavy atom. The third-order valence-electron chi connectivity index (χ3n) is 4.60. The number of piperidine rings is 1. The highest BCUT2D eigenvalue weighted by Crippen LogP contribution is 2.39. The van der Waals surface area contributed by atoms with Crippen LogP contribution >= 0.6 is 15.9 Å². The Balaban J connectivity index is 1.84. The molecule has 0 radical (unpaired) electrons.